The van der Waals surface area contributed by atoms with Gasteiger partial charge in [0.25, 0.3) is 5.91 Å². The Hall–Kier alpha value is -2.67. The van der Waals surface area contributed by atoms with Gasteiger partial charge in [-0.25, -0.2) is 9.40 Å². The summed E-state index contributed by atoms with van der Waals surface area (Å²) in [7, 11) is 0. The number of hydrazone groups is 1. The number of para-hydroxylation sites is 1. The molecule has 5 nitrogen and oxygen atoms in total. The molecule has 0 unspecified atom stereocenters. The molecule has 2 aromatic carbocycles. The Labute approximate surface area is 141 Å². The van der Waals surface area contributed by atoms with Crippen molar-refractivity contribution in [3.8, 4) is 0 Å². The number of hydrogen-bond donors (Lipinski definition) is 1. The minimum atomic E-state index is -0.718. The third kappa shape index (κ3) is 2.28. The predicted molar refractivity (Wildman–Crippen MR) is 90.7 cm³/mol. The predicted octanol–water partition coefficient (Wildman–Crippen LogP) is 1.33. The Bertz CT molecular complexity index is 988. The van der Waals surface area contributed by atoms with Gasteiger partial charge in [-0.2, -0.15) is 0 Å². The third-order valence-electron chi connectivity index (χ3n) is 3.89. The summed E-state index contributed by atoms with van der Waals surface area (Å²) in [5, 5.41) is 10.5. The van der Waals surface area contributed by atoms with Gasteiger partial charge in [-0.15, -0.1) is 5.10 Å². The van der Waals surface area contributed by atoms with Crippen LogP contribution in [0.5, 0.6) is 0 Å². The van der Waals surface area contributed by atoms with Crippen LogP contribution in [0.3, 0.4) is 0 Å². The first-order valence-corrected chi connectivity index (χ1v) is 8.56. The van der Waals surface area contributed by atoms with Crippen LogP contribution in [0.15, 0.2) is 58.6 Å². The lowest BCUT2D eigenvalue weighted by molar-refractivity contribution is -0.116. The van der Waals surface area contributed by atoms with E-state index in [9.17, 15) is 9.18 Å². The lowest BCUT2D eigenvalue weighted by atomic mass is 10.1. The number of halogens is 1. The van der Waals surface area contributed by atoms with E-state index in [0.717, 1.165) is 0 Å². The summed E-state index contributed by atoms with van der Waals surface area (Å²) in [5.41, 5.74) is 0.759. The molecule has 0 saturated carbocycles. The van der Waals surface area contributed by atoms with Crippen LogP contribution in [0.2, 0.25) is 0 Å². The fourth-order valence-corrected chi connectivity index (χ4v) is 3.17. The van der Waals surface area contributed by atoms with Crippen molar-refractivity contribution in [3.05, 3.63) is 70.5 Å². The van der Waals surface area contributed by atoms with E-state index >= 15 is 0 Å². The fourth-order valence-electron chi connectivity index (χ4n) is 2.81. The molecule has 0 bridgehead atoms. The molecule has 2 aliphatic rings. The molecular formula is C17H13FN4OS. The Morgan fingerprint density at radius 2 is 1.92 bits per heavy atom. The maximum atomic E-state index is 14.3. The van der Waals surface area contributed by atoms with E-state index in [1.807, 2.05) is 30.5 Å². The van der Waals surface area contributed by atoms with Crippen LogP contribution in [0, 0.1) is 5.82 Å². The number of rotatable bonds is 1. The zero-order chi connectivity index (χ0) is 16.7. The highest BCUT2D eigenvalue weighted by Crippen LogP contribution is 2.31. The van der Waals surface area contributed by atoms with Gasteiger partial charge in [-0.1, -0.05) is 48.2 Å². The largest absolute Gasteiger partial charge is 0.298 e. The molecule has 24 heavy (non-hydrogen) atoms. The van der Waals surface area contributed by atoms with Crippen molar-refractivity contribution in [2.75, 3.05) is 6.26 Å². The van der Waals surface area contributed by atoms with Crippen LogP contribution in [0.4, 0.5) is 4.39 Å². The number of fused-ring (bicyclic) bond motifs is 2. The van der Waals surface area contributed by atoms with E-state index < -0.39 is 6.17 Å². The highest BCUT2D eigenvalue weighted by atomic mass is 32.2. The summed E-state index contributed by atoms with van der Waals surface area (Å²) in [6.07, 6.45) is 1.10. The van der Waals surface area contributed by atoms with Crippen LogP contribution in [-0.2, 0) is 4.79 Å². The Morgan fingerprint density at radius 1 is 1.17 bits per heavy atom. The molecule has 4 rings (SSSR count). The second-order valence-corrected chi connectivity index (χ2v) is 6.09. The molecule has 0 aliphatic carbocycles. The van der Waals surface area contributed by atoms with Crippen molar-refractivity contribution in [1.29, 1.82) is 0 Å². The summed E-state index contributed by atoms with van der Waals surface area (Å²) < 4.78 is 14.3. The van der Waals surface area contributed by atoms with Crippen molar-refractivity contribution >= 4 is 28.5 Å². The molecule has 2 aromatic rings. The van der Waals surface area contributed by atoms with E-state index in [1.54, 1.807) is 18.2 Å². The Balaban J connectivity index is 2.02. The van der Waals surface area contributed by atoms with Gasteiger partial charge in [0, 0.05) is 10.8 Å². The second-order valence-electron chi connectivity index (χ2n) is 5.30. The quantitative estimate of drug-likeness (QED) is 0.852. The number of thioether (sulfide) groups is 1. The molecule has 2 heterocycles. The zero-order valence-corrected chi connectivity index (χ0v) is 13.5. The minimum Gasteiger partial charge on any atom is -0.298 e. The van der Waals surface area contributed by atoms with Gasteiger partial charge in [-0.05, 0) is 18.4 Å². The van der Waals surface area contributed by atoms with Crippen molar-refractivity contribution in [1.82, 2.24) is 10.3 Å². The third-order valence-corrected chi connectivity index (χ3v) is 4.46. The van der Waals surface area contributed by atoms with Crippen molar-refractivity contribution < 1.29 is 9.18 Å². The van der Waals surface area contributed by atoms with Crippen LogP contribution in [0.25, 0.3) is 5.70 Å². The number of nitrogens with one attached hydrogen (secondary N) is 1. The molecule has 0 fully saturated rings. The first kappa shape index (κ1) is 14.9. The number of nitrogens with zero attached hydrogens (tertiary/aromatic N) is 3. The average Bonchev–Trinajstić information content (AvgIpc) is 2.61. The topological polar surface area (TPSA) is 57.1 Å². The van der Waals surface area contributed by atoms with Gasteiger partial charge in [0.2, 0.25) is 0 Å². The summed E-state index contributed by atoms with van der Waals surface area (Å²) in [5.74, 6) is -0.644. The van der Waals surface area contributed by atoms with Crippen LogP contribution < -0.4 is 15.9 Å². The molecule has 0 radical (unpaired) electrons. The number of benzene rings is 2. The summed E-state index contributed by atoms with van der Waals surface area (Å²) >= 11 is 1.32. The average molecular weight is 340 g/mol. The molecule has 7 heteroatoms. The second kappa shape index (κ2) is 5.76. The Morgan fingerprint density at radius 3 is 2.71 bits per heavy atom. The summed E-state index contributed by atoms with van der Waals surface area (Å²) in [6, 6.07) is 13.7. The van der Waals surface area contributed by atoms with Gasteiger partial charge in [0.05, 0.1) is 5.36 Å². The summed E-state index contributed by atoms with van der Waals surface area (Å²) in [4.78, 5) is 17.2. The maximum Gasteiger partial charge on any atom is 0.276 e. The van der Waals surface area contributed by atoms with Gasteiger partial charge in [-0.3, -0.25) is 15.1 Å². The molecule has 0 aromatic heterocycles. The van der Waals surface area contributed by atoms with Crippen LogP contribution in [-0.4, -0.2) is 22.3 Å². The Kier molecular flexibility index (Phi) is 3.57. The number of amidine groups is 1. The van der Waals surface area contributed by atoms with Gasteiger partial charge < -0.3 is 0 Å². The number of amides is 1. The van der Waals surface area contributed by atoms with E-state index in [4.69, 9.17) is 0 Å². The number of hydrogen-bond acceptors (Lipinski definition) is 5. The highest BCUT2D eigenvalue weighted by Gasteiger charge is 2.35. The lowest BCUT2D eigenvalue weighted by Gasteiger charge is -2.33. The molecule has 0 spiro atoms. The molecular weight excluding hydrogens is 327 g/mol. The summed E-state index contributed by atoms with van der Waals surface area (Å²) in [6.45, 7) is 0. The number of carbonyl (C=O) groups excluding carboxylic acids is 1. The van der Waals surface area contributed by atoms with Crippen molar-refractivity contribution in [2.24, 2.45) is 10.1 Å². The van der Waals surface area contributed by atoms with Crippen molar-refractivity contribution in [3.63, 3.8) is 0 Å². The van der Waals surface area contributed by atoms with Crippen LogP contribution >= 0.6 is 11.8 Å². The highest BCUT2D eigenvalue weighted by molar-refractivity contribution is 8.13. The smallest absolute Gasteiger partial charge is 0.276 e. The normalized spacial score (nSPS) is 19.0. The monoisotopic (exact) mass is 340 g/mol. The van der Waals surface area contributed by atoms with Gasteiger partial charge in [0.1, 0.15) is 11.5 Å². The lowest BCUT2D eigenvalue weighted by Crippen LogP contribution is -2.50. The number of carbonyl (C=O) groups is 1. The van der Waals surface area contributed by atoms with Crippen LogP contribution in [0.1, 0.15) is 11.7 Å². The first-order valence-electron chi connectivity index (χ1n) is 7.34. The van der Waals surface area contributed by atoms with Gasteiger partial charge in [0.15, 0.2) is 11.3 Å². The van der Waals surface area contributed by atoms with E-state index in [0.29, 0.717) is 27.0 Å². The van der Waals surface area contributed by atoms with E-state index in [1.165, 1.54) is 22.8 Å². The zero-order valence-electron chi connectivity index (χ0n) is 12.7. The molecule has 1 amide bonds. The fraction of sp³-hybridized carbons (Fsp3) is 0.118. The SMILES string of the molecule is CSC1=NN2C(=c3ccccc3=N[C@H]2c2ccccc2F)C(=O)N1. The van der Waals surface area contributed by atoms with Gasteiger partial charge >= 0.3 is 0 Å². The molecule has 1 atom stereocenters. The van der Waals surface area contributed by atoms with Crippen molar-refractivity contribution in [2.45, 2.75) is 6.17 Å². The molecule has 120 valence electrons. The maximum absolute atomic E-state index is 14.3. The molecule has 0 saturated heterocycles. The van der Waals surface area contributed by atoms with E-state index in [-0.39, 0.29) is 11.7 Å². The first-order chi connectivity index (χ1) is 11.7. The van der Waals surface area contributed by atoms with E-state index in [2.05, 4.69) is 15.4 Å². The minimum absolute atomic E-state index is 0.266. The molecule has 2 aliphatic heterocycles. The standard InChI is InChI=1S/C17H13FN4OS/c1-24-17-20-16(23)14-11-7-3-5-9-13(11)19-15(22(14)21-17)10-6-2-4-8-12(10)18/h2-9,15H,1H3,(H,20,21,23)/t15-/m1/s1. The molecule has 1 N–H and O–H groups in total.